The van der Waals surface area contributed by atoms with Gasteiger partial charge in [0.05, 0.1) is 21.4 Å². The number of rotatable bonds is 2. The van der Waals surface area contributed by atoms with E-state index in [-0.39, 0.29) is 12.4 Å². The summed E-state index contributed by atoms with van der Waals surface area (Å²) in [6, 6.07) is 5.43. The van der Waals surface area contributed by atoms with Gasteiger partial charge < -0.3 is 10.3 Å². The molecule has 1 heterocycles. The van der Waals surface area contributed by atoms with E-state index in [1.807, 2.05) is 6.07 Å². The average molecular weight is 319 g/mol. The van der Waals surface area contributed by atoms with Crippen LogP contribution >= 0.6 is 35.6 Å². The molecule has 2 aromatic rings. The summed E-state index contributed by atoms with van der Waals surface area (Å²) in [6.07, 6.45) is 4.55. The molecule has 0 unspecified atom stereocenters. The highest BCUT2D eigenvalue weighted by molar-refractivity contribution is 6.39. The van der Waals surface area contributed by atoms with Crippen LogP contribution in [0.5, 0.6) is 0 Å². The molecule has 6 heteroatoms. The molecular weight excluding hydrogens is 305 g/mol. The van der Waals surface area contributed by atoms with E-state index < -0.39 is 0 Å². The van der Waals surface area contributed by atoms with Gasteiger partial charge in [0.15, 0.2) is 0 Å². The van der Waals surface area contributed by atoms with Crippen molar-refractivity contribution in [2.75, 3.05) is 5.32 Å². The van der Waals surface area contributed by atoms with Crippen molar-refractivity contribution >= 4 is 47.2 Å². The van der Waals surface area contributed by atoms with Gasteiger partial charge in [0.25, 0.3) is 0 Å². The van der Waals surface area contributed by atoms with Gasteiger partial charge >= 0.3 is 0 Å². The van der Waals surface area contributed by atoms with E-state index in [1.54, 1.807) is 12.1 Å². The molecule has 3 nitrogen and oxygen atoms in total. The van der Waals surface area contributed by atoms with Gasteiger partial charge in [-0.1, -0.05) is 29.3 Å². The van der Waals surface area contributed by atoms with Crippen LogP contribution in [0.2, 0.25) is 10.0 Å². The van der Waals surface area contributed by atoms with Crippen molar-refractivity contribution in [3.05, 3.63) is 39.6 Å². The zero-order valence-corrected chi connectivity index (χ0v) is 12.5. The monoisotopic (exact) mass is 317 g/mol. The quantitative estimate of drug-likeness (QED) is 0.838. The summed E-state index contributed by atoms with van der Waals surface area (Å²) in [7, 11) is 0. The molecule has 0 aliphatic heterocycles. The van der Waals surface area contributed by atoms with Crippen molar-refractivity contribution in [3.63, 3.8) is 0 Å². The van der Waals surface area contributed by atoms with E-state index in [0.717, 1.165) is 24.5 Å². The molecule has 0 fully saturated rings. The van der Waals surface area contributed by atoms with Gasteiger partial charge in [-0.15, -0.1) is 12.4 Å². The van der Waals surface area contributed by atoms with Crippen LogP contribution in [-0.4, -0.2) is 9.97 Å². The normalized spacial score (nSPS) is 13.6. The lowest BCUT2D eigenvalue weighted by molar-refractivity contribution is 0.667. The van der Waals surface area contributed by atoms with E-state index >= 15 is 0 Å². The molecule has 1 aromatic heterocycles. The van der Waals surface area contributed by atoms with Crippen LogP contribution in [0.15, 0.2) is 18.2 Å². The van der Waals surface area contributed by atoms with E-state index in [4.69, 9.17) is 23.2 Å². The van der Waals surface area contributed by atoms with Crippen molar-refractivity contribution in [2.45, 2.75) is 25.7 Å². The first-order valence-corrected chi connectivity index (χ1v) is 6.78. The molecule has 19 heavy (non-hydrogen) atoms. The lowest BCUT2D eigenvalue weighted by atomic mass is 10.0. The fraction of sp³-hybridized carbons (Fsp3) is 0.308. The van der Waals surface area contributed by atoms with Gasteiger partial charge in [-0.05, 0) is 37.8 Å². The first-order chi connectivity index (χ1) is 8.74. The first-order valence-electron chi connectivity index (χ1n) is 6.03. The Morgan fingerprint density at radius 2 is 1.79 bits per heavy atom. The van der Waals surface area contributed by atoms with Crippen LogP contribution in [0.3, 0.4) is 0 Å². The summed E-state index contributed by atoms with van der Waals surface area (Å²) in [5.41, 5.74) is 3.09. The molecule has 1 aliphatic rings. The molecule has 0 amide bonds. The third-order valence-electron chi connectivity index (χ3n) is 3.16. The van der Waals surface area contributed by atoms with Gasteiger partial charge in [0.2, 0.25) is 5.95 Å². The maximum Gasteiger partial charge on any atom is 0.205 e. The predicted octanol–water partition coefficient (Wildman–Crippen LogP) is 4.76. The van der Waals surface area contributed by atoms with Crippen molar-refractivity contribution in [1.29, 1.82) is 0 Å². The van der Waals surface area contributed by atoms with Gasteiger partial charge in [0, 0.05) is 5.69 Å². The van der Waals surface area contributed by atoms with E-state index in [9.17, 15) is 0 Å². The predicted molar refractivity (Wildman–Crippen MR) is 82.2 cm³/mol. The van der Waals surface area contributed by atoms with E-state index in [0.29, 0.717) is 15.7 Å². The maximum atomic E-state index is 6.12. The summed E-state index contributed by atoms with van der Waals surface area (Å²) < 4.78 is 0. The van der Waals surface area contributed by atoms with Crippen molar-refractivity contribution in [1.82, 2.24) is 9.97 Å². The van der Waals surface area contributed by atoms with Crippen LogP contribution < -0.4 is 5.32 Å². The third-order valence-corrected chi connectivity index (χ3v) is 3.79. The Kier molecular flexibility index (Phi) is 4.61. The number of fused-ring (bicyclic) bond motifs is 1. The van der Waals surface area contributed by atoms with Crippen LogP contribution in [0, 0.1) is 0 Å². The Morgan fingerprint density at radius 1 is 1.11 bits per heavy atom. The topological polar surface area (TPSA) is 40.7 Å². The van der Waals surface area contributed by atoms with Crippen LogP contribution in [0.1, 0.15) is 24.2 Å². The molecular formula is C13H14Cl3N3. The lowest BCUT2D eigenvalue weighted by Gasteiger charge is -2.07. The number of H-pyrrole nitrogens is 1. The number of halogens is 3. The van der Waals surface area contributed by atoms with E-state index in [1.165, 1.54) is 18.5 Å². The van der Waals surface area contributed by atoms with Gasteiger partial charge in [-0.25, -0.2) is 4.98 Å². The number of benzene rings is 1. The molecule has 0 spiro atoms. The minimum absolute atomic E-state index is 0. The summed E-state index contributed by atoms with van der Waals surface area (Å²) >= 11 is 12.2. The summed E-state index contributed by atoms with van der Waals surface area (Å²) in [4.78, 5) is 7.84. The number of aromatic amines is 1. The number of aryl methyl sites for hydroxylation is 2. The standard InChI is InChI=1S/C13H13Cl2N3.ClH/c14-8-4-3-5-9(15)12(8)18-13-16-10-6-1-2-7-11(10)17-13;/h3-5H,1-2,6-7H2,(H2,16,17,18);1H. The molecule has 1 aromatic carbocycles. The van der Waals surface area contributed by atoms with Gasteiger partial charge in [-0.3, -0.25) is 0 Å². The molecule has 1 aliphatic carbocycles. The largest absolute Gasteiger partial charge is 0.328 e. The number of nitrogens with zero attached hydrogens (tertiary/aromatic N) is 1. The number of para-hydroxylation sites is 1. The lowest BCUT2D eigenvalue weighted by Crippen LogP contribution is -2.00. The molecule has 3 rings (SSSR count). The maximum absolute atomic E-state index is 6.12. The zero-order chi connectivity index (χ0) is 12.5. The smallest absolute Gasteiger partial charge is 0.205 e. The first kappa shape index (κ1) is 14.5. The molecule has 0 radical (unpaired) electrons. The minimum atomic E-state index is 0. The SMILES string of the molecule is Cl.Clc1cccc(Cl)c1Nc1nc2c([nH]1)CCCC2. The Balaban J connectivity index is 0.00000133. The second kappa shape index (κ2) is 6.04. The summed E-state index contributed by atoms with van der Waals surface area (Å²) in [5.74, 6) is 0.719. The molecule has 0 atom stereocenters. The van der Waals surface area contributed by atoms with E-state index in [2.05, 4.69) is 15.3 Å². The fourth-order valence-corrected chi connectivity index (χ4v) is 2.74. The average Bonchev–Trinajstić information content (AvgIpc) is 2.76. The number of imidazole rings is 1. The second-order valence-corrected chi connectivity index (χ2v) is 5.25. The molecule has 102 valence electrons. The number of aromatic nitrogens is 2. The van der Waals surface area contributed by atoms with Crippen LogP contribution in [-0.2, 0) is 12.8 Å². The number of nitrogens with one attached hydrogen (secondary N) is 2. The highest BCUT2D eigenvalue weighted by atomic mass is 35.5. The molecule has 2 N–H and O–H groups in total. The van der Waals surface area contributed by atoms with Crippen LogP contribution in [0.25, 0.3) is 0 Å². The van der Waals surface area contributed by atoms with Crippen LogP contribution in [0.4, 0.5) is 11.6 Å². The Hall–Kier alpha value is -0.900. The highest BCUT2D eigenvalue weighted by Gasteiger charge is 2.15. The number of hydrogen-bond donors (Lipinski definition) is 2. The van der Waals surface area contributed by atoms with Crippen molar-refractivity contribution < 1.29 is 0 Å². The third kappa shape index (κ3) is 2.99. The minimum Gasteiger partial charge on any atom is -0.328 e. The molecule has 0 saturated carbocycles. The van der Waals surface area contributed by atoms with Crippen molar-refractivity contribution in [3.8, 4) is 0 Å². The number of hydrogen-bond acceptors (Lipinski definition) is 2. The fourth-order valence-electron chi connectivity index (χ4n) is 2.25. The number of anilines is 2. The zero-order valence-electron chi connectivity index (χ0n) is 10.2. The van der Waals surface area contributed by atoms with Gasteiger partial charge in [0.1, 0.15) is 0 Å². The molecule has 0 bridgehead atoms. The highest BCUT2D eigenvalue weighted by Crippen LogP contribution is 2.32. The summed E-state index contributed by atoms with van der Waals surface area (Å²) in [5, 5.41) is 4.36. The Labute approximate surface area is 128 Å². The van der Waals surface area contributed by atoms with Gasteiger partial charge in [-0.2, -0.15) is 0 Å². The Morgan fingerprint density at radius 3 is 2.47 bits per heavy atom. The second-order valence-electron chi connectivity index (χ2n) is 4.44. The Bertz CT molecular complexity index is 537. The summed E-state index contributed by atoms with van der Waals surface area (Å²) in [6.45, 7) is 0. The van der Waals surface area contributed by atoms with Crippen molar-refractivity contribution in [2.24, 2.45) is 0 Å². The molecule has 0 saturated heterocycles.